The van der Waals surface area contributed by atoms with Crippen LogP contribution in [-0.2, 0) is 12.8 Å². The molecule has 4 atom stereocenters. The zero-order chi connectivity index (χ0) is 27.2. The van der Waals surface area contributed by atoms with Gasteiger partial charge in [0.25, 0.3) is 0 Å². The van der Waals surface area contributed by atoms with Gasteiger partial charge in [0.1, 0.15) is 0 Å². The van der Waals surface area contributed by atoms with E-state index in [2.05, 4.69) is 103 Å². The number of aryl methyl sites for hydroxylation is 2. The Morgan fingerprint density at radius 2 is 1.76 bits per heavy atom. The molecule has 0 radical (unpaired) electrons. The van der Waals surface area contributed by atoms with E-state index >= 15 is 0 Å². The van der Waals surface area contributed by atoms with Crippen LogP contribution in [0.4, 0.5) is 0 Å². The van der Waals surface area contributed by atoms with Crippen molar-refractivity contribution in [3.8, 4) is 11.1 Å². The third kappa shape index (κ3) is 5.70. The summed E-state index contributed by atoms with van der Waals surface area (Å²) in [5, 5.41) is 0. The summed E-state index contributed by atoms with van der Waals surface area (Å²) in [7, 11) is 0. The van der Waals surface area contributed by atoms with E-state index in [1.165, 1.54) is 75.8 Å². The molecule has 2 aromatic rings. The largest absolute Gasteiger partial charge is 0.0986 e. The van der Waals surface area contributed by atoms with Crippen molar-refractivity contribution in [1.82, 2.24) is 0 Å². The van der Waals surface area contributed by atoms with E-state index in [1.54, 1.807) is 5.56 Å². The van der Waals surface area contributed by atoms with E-state index in [0.717, 1.165) is 31.1 Å². The third-order valence-electron chi connectivity index (χ3n) is 9.39. The Hall–Kier alpha value is -2.60. The SMILES string of the molecule is C=C1C=CC(CC(C)(C)C)C(=C)C1CC1=Cc2cccc(-c3cc(C)cc(C)c3C[C@@H]3CCC(C)C3)c2C1. The van der Waals surface area contributed by atoms with Gasteiger partial charge in [-0.15, -0.1) is 0 Å². The number of hydrogen-bond donors (Lipinski definition) is 0. The van der Waals surface area contributed by atoms with Crippen LogP contribution in [0.1, 0.15) is 87.6 Å². The Morgan fingerprint density at radius 1 is 0.974 bits per heavy atom. The Bertz CT molecular complexity index is 1300. The molecule has 0 aliphatic heterocycles. The van der Waals surface area contributed by atoms with Gasteiger partial charge in [0.05, 0.1) is 0 Å². The van der Waals surface area contributed by atoms with Gasteiger partial charge in [-0.25, -0.2) is 0 Å². The minimum atomic E-state index is 0.291. The van der Waals surface area contributed by atoms with Gasteiger partial charge in [0, 0.05) is 5.92 Å². The van der Waals surface area contributed by atoms with E-state index < -0.39 is 0 Å². The highest BCUT2D eigenvalue weighted by Crippen LogP contribution is 2.44. The molecule has 3 aliphatic carbocycles. The quantitative estimate of drug-likeness (QED) is 0.343. The fourth-order valence-corrected chi connectivity index (χ4v) is 7.49. The average molecular weight is 505 g/mol. The molecule has 200 valence electrons. The van der Waals surface area contributed by atoms with Crippen LogP contribution in [0.15, 0.2) is 72.4 Å². The van der Waals surface area contributed by atoms with Crippen molar-refractivity contribution >= 4 is 6.08 Å². The summed E-state index contributed by atoms with van der Waals surface area (Å²) in [5.74, 6) is 2.50. The molecule has 0 saturated heterocycles. The Balaban J connectivity index is 1.41. The Morgan fingerprint density at radius 3 is 2.47 bits per heavy atom. The van der Waals surface area contributed by atoms with Crippen molar-refractivity contribution in [3.63, 3.8) is 0 Å². The summed E-state index contributed by atoms with van der Waals surface area (Å²) in [6.45, 7) is 23.1. The molecule has 1 saturated carbocycles. The fourth-order valence-electron chi connectivity index (χ4n) is 7.49. The van der Waals surface area contributed by atoms with Crippen LogP contribution in [0.2, 0.25) is 0 Å². The van der Waals surface area contributed by atoms with Crippen LogP contribution in [0.3, 0.4) is 0 Å². The first-order valence-electron chi connectivity index (χ1n) is 15.0. The molecule has 0 bridgehead atoms. The third-order valence-corrected chi connectivity index (χ3v) is 9.39. The topological polar surface area (TPSA) is 0 Å². The molecule has 3 aliphatic rings. The molecule has 5 rings (SSSR count). The van der Waals surface area contributed by atoms with Gasteiger partial charge < -0.3 is 0 Å². The lowest BCUT2D eigenvalue weighted by molar-refractivity contribution is 0.334. The first kappa shape index (κ1) is 27.0. The van der Waals surface area contributed by atoms with Crippen LogP contribution in [0, 0.1) is 42.9 Å². The molecule has 3 unspecified atom stereocenters. The van der Waals surface area contributed by atoms with E-state index in [4.69, 9.17) is 0 Å². The number of allylic oxidation sites excluding steroid dienone is 5. The van der Waals surface area contributed by atoms with Crippen molar-refractivity contribution in [3.05, 3.63) is 100 Å². The van der Waals surface area contributed by atoms with E-state index in [1.807, 2.05) is 0 Å². The molecule has 0 N–H and O–H groups in total. The predicted octanol–water partition coefficient (Wildman–Crippen LogP) is 10.6. The normalized spacial score (nSPS) is 25.2. The first-order chi connectivity index (χ1) is 18.0. The van der Waals surface area contributed by atoms with Gasteiger partial charge in [0.15, 0.2) is 0 Å². The average Bonchev–Trinajstić information content (AvgIpc) is 3.44. The second-order valence-corrected chi connectivity index (χ2v) is 14.1. The number of benzene rings is 2. The Kier molecular flexibility index (Phi) is 7.47. The van der Waals surface area contributed by atoms with Crippen molar-refractivity contribution in [1.29, 1.82) is 0 Å². The van der Waals surface area contributed by atoms with Crippen LogP contribution in [0.5, 0.6) is 0 Å². The lowest BCUT2D eigenvalue weighted by atomic mass is 9.71. The van der Waals surface area contributed by atoms with Gasteiger partial charge >= 0.3 is 0 Å². The summed E-state index contributed by atoms with van der Waals surface area (Å²) in [6, 6.07) is 11.8. The second kappa shape index (κ2) is 10.5. The summed E-state index contributed by atoms with van der Waals surface area (Å²) in [6.07, 6.45) is 15.7. The molecule has 38 heavy (non-hydrogen) atoms. The smallest absolute Gasteiger partial charge is 0.00827 e. The summed E-state index contributed by atoms with van der Waals surface area (Å²) >= 11 is 0. The number of hydrogen-bond acceptors (Lipinski definition) is 0. The van der Waals surface area contributed by atoms with Crippen molar-refractivity contribution < 1.29 is 0 Å². The zero-order valence-electron chi connectivity index (χ0n) is 24.8. The number of fused-ring (bicyclic) bond motifs is 1. The maximum absolute atomic E-state index is 4.61. The molecule has 1 fully saturated rings. The minimum absolute atomic E-state index is 0.291. The fraction of sp³-hybridized carbons (Fsp3) is 0.474. The van der Waals surface area contributed by atoms with Crippen LogP contribution < -0.4 is 0 Å². The van der Waals surface area contributed by atoms with Gasteiger partial charge in [-0.05, 0) is 114 Å². The lowest BCUT2D eigenvalue weighted by Gasteiger charge is -2.33. The van der Waals surface area contributed by atoms with E-state index in [9.17, 15) is 0 Å². The maximum Gasteiger partial charge on any atom is 0.00827 e. The predicted molar refractivity (Wildman–Crippen MR) is 166 cm³/mol. The van der Waals surface area contributed by atoms with Crippen molar-refractivity contribution in [2.24, 2.45) is 29.1 Å². The van der Waals surface area contributed by atoms with Gasteiger partial charge in [-0.3, -0.25) is 0 Å². The molecule has 0 amide bonds. The van der Waals surface area contributed by atoms with Gasteiger partial charge in [-0.1, -0.05) is 113 Å². The first-order valence-corrected chi connectivity index (χ1v) is 15.0. The summed E-state index contributed by atoms with van der Waals surface area (Å²) < 4.78 is 0. The molecule has 2 aromatic carbocycles. The second-order valence-electron chi connectivity index (χ2n) is 14.1. The van der Waals surface area contributed by atoms with Gasteiger partial charge in [-0.2, -0.15) is 0 Å². The van der Waals surface area contributed by atoms with Crippen LogP contribution >= 0.6 is 0 Å². The molecule has 0 spiro atoms. The van der Waals surface area contributed by atoms with Gasteiger partial charge in [0.2, 0.25) is 0 Å². The molecule has 0 heteroatoms. The van der Waals surface area contributed by atoms with Crippen molar-refractivity contribution in [2.75, 3.05) is 0 Å². The molecule has 0 nitrogen and oxygen atoms in total. The minimum Gasteiger partial charge on any atom is -0.0986 e. The highest BCUT2D eigenvalue weighted by Gasteiger charge is 2.30. The monoisotopic (exact) mass is 504 g/mol. The summed E-state index contributed by atoms with van der Waals surface area (Å²) in [5.41, 5.74) is 14.7. The molecular weight excluding hydrogens is 456 g/mol. The Labute approximate surface area is 232 Å². The maximum atomic E-state index is 4.61. The highest BCUT2D eigenvalue weighted by molar-refractivity contribution is 5.80. The summed E-state index contributed by atoms with van der Waals surface area (Å²) in [4.78, 5) is 0. The van der Waals surface area contributed by atoms with Crippen LogP contribution in [0.25, 0.3) is 17.2 Å². The standard InChI is InChI=1S/C38H48/c1-24-12-14-29(17-24)20-35-27(4)16-25(2)18-37(35)33-11-9-10-31-19-30(22-36(31)33)21-34-26(3)13-15-32(28(34)5)23-38(6,7)8/h9-11,13,15-16,18-19,24,29,32,34H,3,5,12,14,17,20-23H2,1-2,4,6-8H3/t24?,29-,32?,34?/m1/s1. The van der Waals surface area contributed by atoms with Crippen molar-refractivity contribution in [2.45, 2.75) is 86.5 Å². The molecule has 0 aromatic heterocycles. The molecular formula is C38H48. The molecule has 0 heterocycles. The van der Waals surface area contributed by atoms with E-state index in [-0.39, 0.29) is 0 Å². The van der Waals surface area contributed by atoms with E-state index in [0.29, 0.717) is 17.3 Å². The highest BCUT2D eigenvalue weighted by atomic mass is 14.3. The zero-order valence-corrected chi connectivity index (χ0v) is 24.8. The van der Waals surface area contributed by atoms with Crippen LogP contribution in [-0.4, -0.2) is 0 Å². The number of rotatable bonds is 6. The lowest BCUT2D eigenvalue weighted by Crippen LogP contribution is -2.21.